The summed E-state index contributed by atoms with van der Waals surface area (Å²) in [6.45, 7) is 5.10. The molecule has 2 aromatic rings. The SMILES string of the molecule is CCOC(=O)/C=C\C=C(\c1ccc([N+](=O)[O-])cc1)c1cc(C(C)=O)c(C)o1. The lowest BCUT2D eigenvalue weighted by atomic mass is 10.0. The summed E-state index contributed by atoms with van der Waals surface area (Å²) in [6, 6.07) is 7.52. The molecule has 0 fully saturated rings. The molecule has 0 aliphatic heterocycles. The first-order valence-corrected chi connectivity index (χ1v) is 8.25. The quantitative estimate of drug-likeness (QED) is 0.181. The molecule has 0 bridgehead atoms. The largest absolute Gasteiger partial charge is 0.463 e. The number of hydrogen-bond acceptors (Lipinski definition) is 6. The topological polar surface area (TPSA) is 99.6 Å². The Hall–Kier alpha value is -3.48. The number of carbonyl (C=O) groups is 2. The Balaban J connectivity index is 2.48. The number of allylic oxidation sites excluding steroid dienone is 2. The van der Waals surface area contributed by atoms with Gasteiger partial charge in [-0.25, -0.2) is 4.79 Å². The highest BCUT2D eigenvalue weighted by Crippen LogP contribution is 2.29. The molecule has 0 aliphatic carbocycles. The van der Waals surface area contributed by atoms with Crippen LogP contribution in [0.3, 0.4) is 0 Å². The van der Waals surface area contributed by atoms with Crippen LogP contribution in [0.1, 0.15) is 41.3 Å². The first-order valence-electron chi connectivity index (χ1n) is 8.25. The number of furan rings is 1. The van der Waals surface area contributed by atoms with Crippen molar-refractivity contribution >= 4 is 23.0 Å². The fourth-order valence-electron chi connectivity index (χ4n) is 2.46. The van der Waals surface area contributed by atoms with E-state index in [0.29, 0.717) is 28.2 Å². The van der Waals surface area contributed by atoms with Crippen LogP contribution in [0.4, 0.5) is 5.69 Å². The van der Waals surface area contributed by atoms with Crippen LogP contribution < -0.4 is 0 Å². The average molecular weight is 369 g/mol. The van der Waals surface area contributed by atoms with Crippen LogP contribution in [0.5, 0.6) is 0 Å². The Kier molecular flexibility index (Phi) is 6.43. The predicted octanol–water partition coefficient (Wildman–Crippen LogP) is 4.25. The van der Waals surface area contributed by atoms with Crippen molar-refractivity contribution in [3.63, 3.8) is 0 Å². The summed E-state index contributed by atoms with van der Waals surface area (Å²) in [7, 11) is 0. The van der Waals surface area contributed by atoms with E-state index in [1.165, 1.54) is 31.2 Å². The number of Topliss-reactive ketones (excluding diaryl/α,β-unsaturated/α-hetero) is 1. The molecule has 7 nitrogen and oxygen atoms in total. The number of esters is 1. The van der Waals surface area contributed by atoms with E-state index in [-0.39, 0.29) is 18.1 Å². The number of nitrogens with zero attached hydrogens (tertiary/aromatic N) is 1. The summed E-state index contributed by atoms with van der Waals surface area (Å²) >= 11 is 0. The highest BCUT2D eigenvalue weighted by molar-refractivity contribution is 5.96. The van der Waals surface area contributed by atoms with Crippen LogP contribution in [0.15, 0.2) is 53.0 Å². The monoisotopic (exact) mass is 369 g/mol. The number of nitro benzene ring substituents is 1. The van der Waals surface area contributed by atoms with Gasteiger partial charge in [0, 0.05) is 23.8 Å². The normalized spacial score (nSPS) is 11.6. The molecule has 0 N–H and O–H groups in total. The maximum absolute atomic E-state index is 11.7. The fraction of sp³-hybridized carbons (Fsp3) is 0.200. The van der Waals surface area contributed by atoms with Crippen LogP contribution in [-0.4, -0.2) is 23.3 Å². The zero-order valence-corrected chi connectivity index (χ0v) is 15.2. The number of ether oxygens (including phenoxy) is 1. The van der Waals surface area contributed by atoms with Crippen LogP contribution in [-0.2, 0) is 9.53 Å². The number of nitro groups is 1. The number of ketones is 1. The first-order chi connectivity index (χ1) is 12.8. The van der Waals surface area contributed by atoms with Gasteiger partial charge in [-0.15, -0.1) is 0 Å². The van der Waals surface area contributed by atoms with E-state index in [4.69, 9.17) is 9.15 Å². The van der Waals surface area contributed by atoms with E-state index in [1.54, 1.807) is 38.1 Å². The molecule has 0 atom stereocenters. The van der Waals surface area contributed by atoms with Gasteiger partial charge in [0.1, 0.15) is 11.5 Å². The van der Waals surface area contributed by atoms with Crippen molar-refractivity contribution in [1.82, 2.24) is 0 Å². The molecular weight excluding hydrogens is 350 g/mol. The Bertz CT molecular complexity index is 918. The molecule has 2 rings (SSSR count). The Morgan fingerprint density at radius 1 is 1.26 bits per heavy atom. The summed E-state index contributed by atoms with van der Waals surface area (Å²) in [5, 5.41) is 10.9. The lowest BCUT2D eigenvalue weighted by molar-refractivity contribution is -0.384. The summed E-state index contributed by atoms with van der Waals surface area (Å²) in [5.41, 5.74) is 1.62. The second-order valence-corrected chi connectivity index (χ2v) is 5.63. The minimum Gasteiger partial charge on any atom is -0.463 e. The van der Waals surface area contributed by atoms with Crippen molar-refractivity contribution in [3.05, 3.63) is 81.3 Å². The van der Waals surface area contributed by atoms with Crippen LogP contribution >= 0.6 is 0 Å². The molecule has 27 heavy (non-hydrogen) atoms. The van der Waals surface area contributed by atoms with E-state index in [2.05, 4.69) is 0 Å². The van der Waals surface area contributed by atoms with Gasteiger partial charge in [0.2, 0.25) is 0 Å². The van der Waals surface area contributed by atoms with Crippen molar-refractivity contribution in [2.75, 3.05) is 6.61 Å². The third kappa shape index (κ3) is 5.01. The Morgan fingerprint density at radius 3 is 2.44 bits per heavy atom. The summed E-state index contributed by atoms with van der Waals surface area (Å²) in [5.74, 6) is 0.268. The van der Waals surface area contributed by atoms with E-state index in [1.807, 2.05) is 0 Å². The summed E-state index contributed by atoms with van der Waals surface area (Å²) < 4.78 is 10.5. The minimum absolute atomic E-state index is 0.0415. The van der Waals surface area contributed by atoms with Crippen molar-refractivity contribution in [2.24, 2.45) is 0 Å². The number of benzene rings is 1. The number of rotatable bonds is 7. The van der Waals surface area contributed by atoms with Crippen LogP contribution in [0.25, 0.3) is 5.57 Å². The van der Waals surface area contributed by atoms with E-state index in [9.17, 15) is 19.7 Å². The fourth-order valence-corrected chi connectivity index (χ4v) is 2.46. The maximum atomic E-state index is 11.7. The van der Waals surface area contributed by atoms with Crippen molar-refractivity contribution in [2.45, 2.75) is 20.8 Å². The van der Waals surface area contributed by atoms with Gasteiger partial charge in [0.25, 0.3) is 5.69 Å². The third-order valence-electron chi connectivity index (χ3n) is 3.73. The van der Waals surface area contributed by atoms with Gasteiger partial charge in [0.05, 0.1) is 17.1 Å². The molecule has 0 spiro atoms. The highest BCUT2D eigenvalue weighted by atomic mass is 16.6. The Labute approximate surface area is 156 Å². The molecule has 1 heterocycles. The van der Waals surface area contributed by atoms with Gasteiger partial charge in [0.15, 0.2) is 5.78 Å². The molecule has 1 aromatic heterocycles. The molecule has 1 aromatic carbocycles. The molecule has 0 aliphatic rings. The lowest BCUT2D eigenvalue weighted by Gasteiger charge is -2.04. The molecule has 0 amide bonds. The first kappa shape index (κ1) is 19.8. The van der Waals surface area contributed by atoms with Crippen LogP contribution in [0.2, 0.25) is 0 Å². The average Bonchev–Trinajstić information content (AvgIpc) is 3.01. The molecule has 0 saturated heterocycles. The number of carbonyl (C=O) groups excluding carboxylic acids is 2. The van der Waals surface area contributed by atoms with Gasteiger partial charge >= 0.3 is 5.97 Å². The van der Waals surface area contributed by atoms with Gasteiger partial charge in [-0.3, -0.25) is 14.9 Å². The zero-order chi connectivity index (χ0) is 20.0. The number of aryl methyl sites for hydroxylation is 1. The van der Waals surface area contributed by atoms with Crippen molar-refractivity contribution < 1.29 is 23.7 Å². The second-order valence-electron chi connectivity index (χ2n) is 5.63. The smallest absolute Gasteiger partial charge is 0.330 e. The molecular formula is C20H19NO6. The standard InChI is InChI=1S/C20H19NO6/c1-4-26-20(23)7-5-6-17(15-8-10-16(11-9-15)21(24)25)19-12-18(13(2)22)14(3)27-19/h5-12H,4H2,1-3H3/b7-5-,17-6-. The minimum atomic E-state index is -0.489. The van der Waals surface area contributed by atoms with Gasteiger partial charge in [-0.1, -0.05) is 12.2 Å². The van der Waals surface area contributed by atoms with Crippen molar-refractivity contribution in [3.8, 4) is 0 Å². The van der Waals surface area contributed by atoms with Gasteiger partial charge < -0.3 is 9.15 Å². The summed E-state index contributed by atoms with van der Waals surface area (Å²) in [4.78, 5) is 33.6. The molecule has 0 radical (unpaired) electrons. The van der Waals surface area contributed by atoms with E-state index >= 15 is 0 Å². The second kappa shape index (κ2) is 8.75. The summed E-state index contributed by atoms with van der Waals surface area (Å²) in [6.07, 6.45) is 4.39. The Morgan fingerprint density at radius 2 is 1.93 bits per heavy atom. The number of hydrogen-bond donors (Lipinski definition) is 0. The van der Waals surface area contributed by atoms with Crippen LogP contribution in [0, 0.1) is 17.0 Å². The van der Waals surface area contributed by atoms with E-state index in [0.717, 1.165) is 0 Å². The predicted molar refractivity (Wildman–Crippen MR) is 99.4 cm³/mol. The molecule has 140 valence electrons. The highest BCUT2D eigenvalue weighted by Gasteiger charge is 2.16. The molecule has 0 unspecified atom stereocenters. The van der Waals surface area contributed by atoms with E-state index < -0.39 is 10.9 Å². The van der Waals surface area contributed by atoms with Crippen molar-refractivity contribution in [1.29, 1.82) is 0 Å². The van der Waals surface area contributed by atoms with Gasteiger partial charge in [-0.05, 0) is 44.5 Å². The maximum Gasteiger partial charge on any atom is 0.330 e. The number of non-ortho nitro benzene ring substituents is 1. The lowest BCUT2D eigenvalue weighted by Crippen LogP contribution is -1.98. The molecule has 0 saturated carbocycles. The third-order valence-corrected chi connectivity index (χ3v) is 3.73. The molecule has 7 heteroatoms. The zero-order valence-electron chi connectivity index (χ0n) is 15.2. The van der Waals surface area contributed by atoms with Gasteiger partial charge in [-0.2, -0.15) is 0 Å².